The van der Waals surface area contributed by atoms with E-state index in [4.69, 9.17) is 21.2 Å². The molecule has 0 fully saturated rings. The van der Waals surface area contributed by atoms with E-state index in [0.717, 1.165) is 12.1 Å². The number of halogens is 1. The van der Waals surface area contributed by atoms with Crippen LogP contribution in [0.3, 0.4) is 0 Å². The molecule has 0 aliphatic heterocycles. The number of hydrogen-bond acceptors (Lipinski definition) is 5. The third kappa shape index (κ3) is 3.53. The highest BCUT2D eigenvalue weighted by molar-refractivity contribution is 6.33. The Hall–Kier alpha value is -1.43. The first-order chi connectivity index (χ1) is 9.24. The highest BCUT2D eigenvalue weighted by Crippen LogP contribution is 2.24. The SMILES string of the molecule is CCN(CCO)Cc1nc(-c2ccccc2Cl)no1. The topological polar surface area (TPSA) is 62.4 Å². The first-order valence-corrected chi connectivity index (χ1v) is 6.53. The van der Waals surface area contributed by atoms with E-state index >= 15 is 0 Å². The first-order valence-electron chi connectivity index (χ1n) is 6.15. The van der Waals surface area contributed by atoms with Crippen molar-refractivity contribution in [2.24, 2.45) is 0 Å². The Bertz CT molecular complexity index is 530. The van der Waals surface area contributed by atoms with Crippen molar-refractivity contribution < 1.29 is 9.63 Å². The third-order valence-corrected chi connectivity index (χ3v) is 3.13. The molecule has 6 heteroatoms. The molecule has 1 N–H and O–H groups in total. The molecule has 0 aliphatic carbocycles. The molecule has 5 nitrogen and oxygen atoms in total. The van der Waals surface area contributed by atoms with Crippen LogP contribution in [0.25, 0.3) is 11.4 Å². The predicted molar refractivity (Wildman–Crippen MR) is 72.8 cm³/mol. The van der Waals surface area contributed by atoms with E-state index in [9.17, 15) is 0 Å². The molecule has 0 radical (unpaired) electrons. The Labute approximate surface area is 116 Å². The van der Waals surface area contributed by atoms with E-state index in [1.54, 1.807) is 6.07 Å². The highest BCUT2D eigenvalue weighted by atomic mass is 35.5. The Morgan fingerprint density at radius 2 is 2.16 bits per heavy atom. The fourth-order valence-corrected chi connectivity index (χ4v) is 1.97. The number of rotatable bonds is 6. The maximum atomic E-state index is 8.94. The normalized spacial score (nSPS) is 11.2. The maximum Gasteiger partial charge on any atom is 0.241 e. The molecule has 0 amide bonds. The zero-order valence-electron chi connectivity index (χ0n) is 10.7. The van der Waals surface area contributed by atoms with Gasteiger partial charge in [0.05, 0.1) is 18.2 Å². The van der Waals surface area contributed by atoms with Gasteiger partial charge in [0.15, 0.2) is 0 Å². The van der Waals surface area contributed by atoms with E-state index in [1.807, 2.05) is 30.0 Å². The smallest absolute Gasteiger partial charge is 0.241 e. The van der Waals surface area contributed by atoms with Crippen molar-refractivity contribution in [3.63, 3.8) is 0 Å². The number of aliphatic hydroxyl groups excluding tert-OH is 1. The van der Waals surface area contributed by atoms with Gasteiger partial charge in [-0.15, -0.1) is 0 Å². The van der Waals surface area contributed by atoms with Gasteiger partial charge in [0.25, 0.3) is 0 Å². The van der Waals surface area contributed by atoms with Crippen molar-refractivity contribution in [2.75, 3.05) is 19.7 Å². The predicted octanol–water partition coefficient (Wildman–Crippen LogP) is 2.20. The number of likely N-dealkylation sites (N-methyl/N-ethyl adjacent to an activating group) is 1. The minimum atomic E-state index is 0.110. The Morgan fingerprint density at radius 1 is 1.37 bits per heavy atom. The highest BCUT2D eigenvalue weighted by Gasteiger charge is 2.13. The number of benzene rings is 1. The van der Waals surface area contributed by atoms with Gasteiger partial charge in [-0.3, -0.25) is 4.90 Å². The van der Waals surface area contributed by atoms with E-state index in [-0.39, 0.29) is 6.61 Å². The van der Waals surface area contributed by atoms with Crippen LogP contribution in [0.5, 0.6) is 0 Å². The second kappa shape index (κ2) is 6.65. The molecule has 0 saturated heterocycles. The molecule has 0 aliphatic rings. The number of hydrogen-bond donors (Lipinski definition) is 1. The number of aromatic nitrogens is 2. The summed E-state index contributed by atoms with van der Waals surface area (Å²) in [6, 6.07) is 7.37. The Kier molecular flexibility index (Phi) is 4.90. The summed E-state index contributed by atoms with van der Waals surface area (Å²) in [4.78, 5) is 6.34. The average Bonchev–Trinajstić information content (AvgIpc) is 2.87. The van der Waals surface area contributed by atoms with Crippen LogP contribution in [0.15, 0.2) is 28.8 Å². The van der Waals surface area contributed by atoms with Gasteiger partial charge in [0.1, 0.15) is 0 Å². The van der Waals surface area contributed by atoms with Crippen LogP contribution in [-0.2, 0) is 6.54 Å². The van der Waals surface area contributed by atoms with Crippen molar-refractivity contribution >= 4 is 11.6 Å². The van der Waals surface area contributed by atoms with Crippen molar-refractivity contribution in [1.29, 1.82) is 0 Å². The van der Waals surface area contributed by atoms with Crippen LogP contribution in [-0.4, -0.2) is 39.8 Å². The zero-order valence-corrected chi connectivity index (χ0v) is 11.5. The van der Waals surface area contributed by atoms with Gasteiger partial charge >= 0.3 is 0 Å². The van der Waals surface area contributed by atoms with Crippen LogP contribution in [0.1, 0.15) is 12.8 Å². The van der Waals surface area contributed by atoms with Crippen LogP contribution in [0.2, 0.25) is 5.02 Å². The zero-order chi connectivity index (χ0) is 13.7. The maximum absolute atomic E-state index is 8.94. The summed E-state index contributed by atoms with van der Waals surface area (Å²) < 4.78 is 5.21. The van der Waals surface area contributed by atoms with E-state index < -0.39 is 0 Å². The van der Waals surface area contributed by atoms with Crippen LogP contribution in [0, 0.1) is 0 Å². The summed E-state index contributed by atoms with van der Waals surface area (Å²) in [5, 5.41) is 13.5. The van der Waals surface area contributed by atoms with Gasteiger partial charge in [0.2, 0.25) is 11.7 Å². The van der Waals surface area contributed by atoms with Crippen LogP contribution < -0.4 is 0 Å². The monoisotopic (exact) mass is 281 g/mol. The molecular weight excluding hydrogens is 266 g/mol. The van der Waals surface area contributed by atoms with Gasteiger partial charge in [-0.1, -0.05) is 35.8 Å². The summed E-state index contributed by atoms with van der Waals surface area (Å²) >= 11 is 6.09. The lowest BCUT2D eigenvalue weighted by Crippen LogP contribution is -2.26. The summed E-state index contributed by atoms with van der Waals surface area (Å²) in [6.07, 6.45) is 0. The number of nitrogens with zero attached hydrogens (tertiary/aromatic N) is 3. The second-order valence-corrected chi connectivity index (χ2v) is 4.49. The fourth-order valence-electron chi connectivity index (χ4n) is 1.75. The number of aliphatic hydroxyl groups is 1. The molecule has 0 saturated carbocycles. The average molecular weight is 282 g/mol. The van der Waals surface area contributed by atoms with Crippen molar-refractivity contribution in [1.82, 2.24) is 15.0 Å². The summed E-state index contributed by atoms with van der Waals surface area (Å²) in [5.41, 5.74) is 0.754. The lowest BCUT2D eigenvalue weighted by molar-refractivity contribution is 0.180. The van der Waals surface area contributed by atoms with Crippen LogP contribution in [0.4, 0.5) is 0 Å². The van der Waals surface area contributed by atoms with Gasteiger partial charge in [-0.25, -0.2) is 0 Å². The molecule has 1 aromatic heterocycles. The van der Waals surface area contributed by atoms with Crippen molar-refractivity contribution in [3.8, 4) is 11.4 Å². The summed E-state index contributed by atoms with van der Waals surface area (Å²) in [5.74, 6) is 1.01. The minimum absolute atomic E-state index is 0.110. The molecule has 1 heterocycles. The fraction of sp³-hybridized carbons (Fsp3) is 0.385. The summed E-state index contributed by atoms with van der Waals surface area (Å²) in [6.45, 7) is 4.04. The lowest BCUT2D eigenvalue weighted by Gasteiger charge is -2.15. The quantitative estimate of drug-likeness (QED) is 0.879. The third-order valence-electron chi connectivity index (χ3n) is 2.81. The van der Waals surface area contributed by atoms with Crippen molar-refractivity contribution in [3.05, 3.63) is 35.2 Å². The summed E-state index contributed by atoms with van der Waals surface area (Å²) in [7, 11) is 0. The van der Waals surface area contributed by atoms with Crippen LogP contribution >= 0.6 is 11.6 Å². The molecule has 19 heavy (non-hydrogen) atoms. The van der Waals surface area contributed by atoms with Gasteiger partial charge in [-0.2, -0.15) is 4.98 Å². The minimum Gasteiger partial charge on any atom is -0.395 e. The van der Waals surface area contributed by atoms with E-state index in [2.05, 4.69) is 10.1 Å². The van der Waals surface area contributed by atoms with Gasteiger partial charge in [0, 0.05) is 12.1 Å². The standard InChI is InChI=1S/C13H16ClN3O2/c1-2-17(7-8-18)9-12-15-13(16-19-12)10-5-3-4-6-11(10)14/h3-6,18H,2,7-9H2,1H3. The van der Waals surface area contributed by atoms with Gasteiger partial charge < -0.3 is 9.63 Å². The molecule has 0 spiro atoms. The molecule has 1 aromatic carbocycles. The molecular formula is C13H16ClN3O2. The lowest BCUT2D eigenvalue weighted by atomic mass is 10.2. The van der Waals surface area contributed by atoms with Gasteiger partial charge in [-0.05, 0) is 18.7 Å². The first kappa shape index (κ1) is 14.0. The Morgan fingerprint density at radius 3 is 2.84 bits per heavy atom. The molecule has 0 unspecified atom stereocenters. The second-order valence-electron chi connectivity index (χ2n) is 4.08. The van der Waals surface area contributed by atoms with E-state index in [0.29, 0.717) is 29.8 Å². The van der Waals surface area contributed by atoms with E-state index in [1.165, 1.54) is 0 Å². The molecule has 2 rings (SSSR count). The largest absolute Gasteiger partial charge is 0.395 e. The molecule has 102 valence electrons. The molecule has 0 bridgehead atoms. The Balaban J connectivity index is 2.13. The van der Waals surface area contributed by atoms with Crippen molar-refractivity contribution in [2.45, 2.75) is 13.5 Å². The molecule has 0 atom stereocenters. The molecule has 2 aromatic rings.